The maximum atomic E-state index is 13.6. The number of carbonyl (C=O) groups excluding carboxylic acids is 2. The smallest absolute Gasteiger partial charge is 0.175 e. The maximum Gasteiger partial charge on any atom is 0.175 e. The third-order valence-electron chi connectivity index (χ3n) is 7.56. The molecule has 1 heterocycles. The van der Waals surface area contributed by atoms with Gasteiger partial charge in [0.25, 0.3) is 0 Å². The summed E-state index contributed by atoms with van der Waals surface area (Å²) < 4.78 is 12.6. The Morgan fingerprint density at radius 2 is 1.63 bits per heavy atom. The first kappa shape index (κ1) is 26.5. The summed E-state index contributed by atoms with van der Waals surface area (Å²) >= 11 is 3.68. The zero-order valence-electron chi connectivity index (χ0n) is 21.9. The molecule has 2 aliphatic carbocycles. The van der Waals surface area contributed by atoms with Gasteiger partial charge < -0.3 is 14.4 Å². The van der Waals surface area contributed by atoms with E-state index in [1.165, 1.54) is 5.56 Å². The Bertz CT molecular complexity index is 1270. The van der Waals surface area contributed by atoms with Gasteiger partial charge in [0.15, 0.2) is 23.1 Å². The first-order valence-electron chi connectivity index (χ1n) is 13.6. The second kappa shape index (κ2) is 11.7. The normalized spacial score (nSPS) is 17.9. The zero-order chi connectivity index (χ0) is 26.6. The summed E-state index contributed by atoms with van der Waals surface area (Å²) in [7, 11) is 0. The molecule has 0 atom stereocenters. The monoisotopic (exact) mass is 575 g/mol. The van der Waals surface area contributed by atoms with E-state index in [0.717, 1.165) is 71.2 Å². The minimum atomic E-state index is -0.391. The van der Waals surface area contributed by atoms with Gasteiger partial charge >= 0.3 is 0 Å². The van der Waals surface area contributed by atoms with Crippen LogP contribution >= 0.6 is 15.9 Å². The third kappa shape index (κ3) is 5.11. The number of ether oxygens (including phenoxy) is 2. The van der Waals surface area contributed by atoms with Gasteiger partial charge in [0.05, 0.1) is 11.1 Å². The molecule has 0 unspecified atom stereocenters. The highest BCUT2D eigenvalue weighted by molar-refractivity contribution is 9.10. The van der Waals surface area contributed by atoms with Crippen LogP contribution in [0.15, 0.2) is 82.1 Å². The third-order valence-corrected chi connectivity index (χ3v) is 8.15. The molecule has 5 nitrogen and oxygen atoms in total. The van der Waals surface area contributed by atoms with E-state index in [2.05, 4.69) is 51.7 Å². The van der Waals surface area contributed by atoms with E-state index in [9.17, 15) is 9.59 Å². The summed E-state index contributed by atoms with van der Waals surface area (Å²) in [6.45, 7) is 7.26. The van der Waals surface area contributed by atoms with Gasteiger partial charge in [-0.2, -0.15) is 0 Å². The molecule has 0 saturated carbocycles. The van der Waals surface area contributed by atoms with Crippen LogP contribution in [0.3, 0.4) is 0 Å². The van der Waals surface area contributed by atoms with Crippen LogP contribution in [-0.4, -0.2) is 36.2 Å². The molecule has 3 aliphatic rings. The van der Waals surface area contributed by atoms with Crippen LogP contribution in [0, 0.1) is 0 Å². The molecule has 38 heavy (non-hydrogen) atoms. The van der Waals surface area contributed by atoms with Crippen molar-refractivity contribution in [2.45, 2.75) is 57.8 Å². The average Bonchev–Trinajstić information content (AvgIpc) is 2.92. The van der Waals surface area contributed by atoms with Crippen LogP contribution in [0.5, 0.6) is 11.5 Å². The number of benzene rings is 2. The lowest BCUT2D eigenvalue weighted by molar-refractivity contribution is -0.117. The molecule has 198 valence electrons. The van der Waals surface area contributed by atoms with E-state index in [4.69, 9.17) is 9.47 Å². The number of carbonyl (C=O) groups is 2. The van der Waals surface area contributed by atoms with Crippen LogP contribution in [0.25, 0.3) is 0 Å². The fraction of sp³-hybridized carbons (Fsp3) is 0.375. The Morgan fingerprint density at radius 3 is 2.24 bits per heavy atom. The topological polar surface area (TPSA) is 55.8 Å². The number of hydrogen-bond donors (Lipinski definition) is 0. The molecule has 0 radical (unpaired) electrons. The Kier molecular flexibility index (Phi) is 8.18. The van der Waals surface area contributed by atoms with E-state index in [1.807, 2.05) is 25.1 Å². The van der Waals surface area contributed by atoms with E-state index in [1.54, 1.807) is 6.08 Å². The van der Waals surface area contributed by atoms with Gasteiger partial charge in [0.2, 0.25) is 0 Å². The predicted molar refractivity (Wildman–Crippen MR) is 152 cm³/mol. The molecule has 0 amide bonds. The summed E-state index contributed by atoms with van der Waals surface area (Å²) in [5.74, 6) is 1.10. The van der Waals surface area contributed by atoms with Crippen molar-refractivity contribution >= 4 is 27.5 Å². The van der Waals surface area contributed by atoms with Gasteiger partial charge in [-0.25, -0.2) is 0 Å². The lowest BCUT2D eigenvalue weighted by atomic mass is 9.71. The molecule has 6 heteroatoms. The molecule has 0 aromatic heterocycles. The fourth-order valence-corrected chi connectivity index (χ4v) is 6.58. The van der Waals surface area contributed by atoms with Gasteiger partial charge in [-0.05, 0) is 78.2 Å². The van der Waals surface area contributed by atoms with Gasteiger partial charge in [0, 0.05) is 47.8 Å². The maximum absolute atomic E-state index is 13.6. The minimum absolute atomic E-state index is 0.145. The Morgan fingerprint density at radius 1 is 0.974 bits per heavy atom. The van der Waals surface area contributed by atoms with Gasteiger partial charge in [-0.3, -0.25) is 9.59 Å². The second-order valence-corrected chi connectivity index (χ2v) is 10.8. The highest BCUT2D eigenvalue weighted by atomic mass is 79.9. The van der Waals surface area contributed by atoms with E-state index >= 15 is 0 Å². The standard InChI is InChI=1S/C32H34BrNO4/c1-3-18-38-32-23(33)19-22(20-28(32)37-4-2)29-30-24(12-8-14-26(30)35)34(17-16-21-10-6-5-7-11-21)25-13-9-15-27(36)31(25)29/h3,5-7,10-11,19-20,29H,1,4,8-9,12-18H2,2H3. The van der Waals surface area contributed by atoms with Crippen LogP contribution in [0.2, 0.25) is 0 Å². The first-order valence-corrected chi connectivity index (χ1v) is 14.4. The van der Waals surface area contributed by atoms with Gasteiger partial charge in [-0.1, -0.05) is 43.0 Å². The molecule has 1 aliphatic heterocycles. The molecule has 0 fully saturated rings. The van der Waals surface area contributed by atoms with Crippen LogP contribution in [-0.2, 0) is 16.0 Å². The van der Waals surface area contributed by atoms with Crippen LogP contribution in [0.4, 0.5) is 0 Å². The lowest BCUT2D eigenvalue weighted by Gasteiger charge is -2.44. The zero-order valence-corrected chi connectivity index (χ0v) is 23.5. The van der Waals surface area contributed by atoms with Crippen molar-refractivity contribution in [2.75, 3.05) is 19.8 Å². The molecular formula is C32H34BrNO4. The lowest BCUT2D eigenvalue weighted by Crippen LogP contribution is -2.40. The first-order chi connectivity index (χ1) is 18.5. The molecule has 5 rings (SSSR count). The SMILES string of the molecule is C=CCOc1c(Br)cc(C2C3=C(CCCC3=O)N(CCc3ccccc3)C3=C2C(=O)CCC3)cc1OCC. The van der Waals surface area contributed by atoms with Crippen LogP contribution in [0.1, 0.15) is 62.5 Å². The highest BCUT2D eigenvalue weighted by Gasteiger charge is 2.43. The van der Waals surface area contributed by atoms with Crippen LogP contribution < -0.4 is 9.47 Å². The quantitative estimate of drug-likeness (QED) is 0.299. The Balaban J connectivity index is 1.64. The molecule has 0 bridgehead atoms. The van der Waals surface area contributed by atoms with Crippen molar-refractivity contribution < 1.29 is 19.1 Å². The summed E-state index contributed by atoms with van der Waals surface area (Å²) in [4.78, 5) is 29.6. The summed E-state index contributed by atoms with van der Waals surface area (Å²) in [5.41, 5.74) is 5.90. The molecule has 2 aromatic rings. The highest BCUT2D eigenvalue weighted by Crippen LogP contribution is 2.51. The number of halogens is 1. The number of hydrogen-bond acceptors (Lipinski definition) is 5. The van der Waals surface area contributed by atoms with Crippen molar-refractivity contribution in [3.05, 3.63) is 93.3 Å². The van der Waals surface area contributed by atoms with E-state index in [0.29, 0.717) is 37.6 Å². The molecule has 0 saturated heterocycles. The van der Waals surface area contributed by atoms with E-state index in [-0.39, 0.29) is 11.6 Å². The number of Topliss-reactive ketones (excluding diaryl/α,β-unsaturated/α-hetero) is 2. The Labute approximate surface area is 233 Å². The van der Waals surface area contributed by atoms with Crippen molar-refractivity contribution in [3.63, 3.8) is 0 Å². The summed E-state index contributed by atoms with van der Waals surface area (Å²) in [6, 6.07) is 14.4. The summed E-state index contributed by atoms with van der Waals surface area (Å²) in [5, 5.41) is 0. The second-order valence-electron chi connectivity index (χ2n) is 9.96. The van der Waals surface area contributed by atoms with Crippen molar-refractivity contribution in [2.24, 2.45) is 0 Å². The Hall–Kier alpha value is -3.12. The predicted octanol–water partition coefficient (Wildman–Crippen LogP) is 7.07. The largest absolute Gasteiger partial charge is 0.490 e. The van der Waals surface area contributed by atoms with E-state index < -0.39 is 5.92 Å². The molecule has 0 N–H and O–H groups in total. The number of rotatable bonds is 9. The average molecular weight is 577 g/mol. The molecular weight excluding hydrogens is 542 g/mol. The van der Waals surface area contributed by atoms with Crippen molar-refractivity contribution in [1.29, 1.82) is 0 Å². The number of ketones is 2. The number of allylic oxidation sites excluding steroid dienone is 4. The van der Waals surface area contributed by atoms with Crippen molar-refractivity contribution in [1.82, 2.24) is 4.90 Å². The fourth-order valence-electron chi connectivity index (χ4n) is 6.01. The molecule has 2 aromatic carbocycles. The summed E-state index contributed by atoms with van der Waals surface area (Å²) in [6.07, 6.45) is 6.94. The van der Waals surface area contributed by atoms with Gasteiger partial charge in [-0.15, -0.1) is 0 Å². The minimum Gasteiger partial charge on any atom is -0.490 e. The van der Waals surface area contributed by atoms with Gasteiger partial charge in [0.1, 0.15) is 6.61 Å². The molecule has 0 spiro atoms. The van der Waals surface area contributed by atoms with Crippen molar-refractivity contribution in [3.8, 4) is 11.5 Å². The number of nitrogens with zero attached hydrogens (tertiary/aromatic N) is 1.